The standard InChI is InChI=1S/C15H22N2O3/c1-3-12-4-5-13(14(10-12)20-2)16-6-8-17(9-7-16)15(19)11-18/h4-5,10,18H,3,6-9,11H2,1-2H3. The zero-order chi connectivity index (χ0) is 14.5. The van der Waals surface area contributed by atoms with Crippen molar-refractivity contribution >= 4 is 11.6 Å². The number of carbonyl (C=O) groups is 1. The van der Waals surface area contributed by atoms with Gasteiger partial charge in [-0.25, -0.2) is 0 Å². The Morgan fingerprint density at radius 1 is 1.30 bits per heavy atom. The van der Waals surface area contributed by atoms with Gasteiger partial charge in [-0.2, -0.15) is 0 Å². The molecule has 1 heterocycles. The first kappa shape index (κ1) is 14.7. The van der Waals surface area contributed by atoms with Gasteiger partial charge >= 0.3 is 0 Å². The highest BCUT2D eigenvalue weighted by atomic mass is 16.5. The summed E-state index contributed by atoms with van der Waals surface area (Å²) in [6.45, 7) is 4.50. The fourth-order valence-electron chi connectivity index (χ4n) is 2.50. The molecule has 0 aliphatic carbocycles. The summed E-state index contributed by atoms with van der Waals surface area (Å²) in [4.78, 5) is 15.4. The molecule has 1 N–H and O–H groups in total. The molecule has 0 atom stereocenters. The molecule has 1 amide bonds. The number of aryl methyl sites for hydroxylation is 1. The monoisotopic (exact) mass is 278 g/mol. The van der Waals surface area contributed by atoms with Crippen molar-refractivity contribution in [2.75, 3.05) is 44.8 Å². The van der Waals surface area contributed by atoms with Crippen LogP contribution in [0.3, 0.4) is 0 Å². The normalized spacial score (nSPS) is 15.3. The van der Waals surface area contributed by atoms with Crippen molar-refractivity contribution in [3.63, 3.8) is 0 Å². The minimum absolute atomic E-state index is 0.196. The number of rotatable bonds is 4. The van der Waals surface area contributed by atoms with Crippen molar-refractivity contribution in [1.29, 1.82) is 0 Å². The minimum Gasteiger partial charge on any atom is -0.495 e. The molecule has 0 radical (unpaired) electrons. The lowest BCUT2D eigenvalue weighted by Crippen LogP contribution is -2.49. The second-order valence-electron chi connectivity index (χ2n) is 4.89. The molecule has 0 spiro atoms. The molecule has 110 valence electrons. The van der Waals surface area contributed by atoms with Crippen LogP contribution in [0.25, 0.3) is 0 Å². The van der Waals surface area contributed by atoms with Crippen molar-refractivity contribution in [2.24, 2.45) is 0 Å². The van der Waals surface area contributed by atoms with E-state index < -0.39 is 6.61 Å². The van der Waals surface area contributed by atoms with E-state index in [0.717, 1.165) is 30.9 Å². The molecule has 5 heteroatoms. The first-order valence-electron chi connectivity index (χ1n) is 7.00. The van der Waals surface area contributed by atoms with Gasteiger partial charge in [0.1, 0.15) is 12.4 Å². The number of aliphatic hydroxyl groups excluding tert-OH is 1. The molecule has 1 aliphatic rings. The SMILES string of the molecule is CCc1ccc(N2CCN(C(=O)CO)CC2)c(OC)c1. The Hall–Kier alpha value is -1.75. The van der Waals surface area contributed by atoms with Gasteiger partial charge < -0.3 is 19.6 Å². The second kappa shape index (κ2) is 6.61. The third kappa shape index (κ3) is 3.04. The second-order valence-corrected chi connectivity index (χ2v) is 4.89. The molecule has 1 fully saturated rings. The van der Waals surface area contributed by atoms with Gasteiger partial charge in [0.15, 0.2) is 0 Å². The number of nitrogens with zero attached hydrogens (tertiary/aromatic N) is 2. The van der Waals surface area contributed by atoms with E-state index in [-0.39, 0.29) is 5.91 Å². The van der Waals surface area contributed by atoms with Crippen molar-refractivity contribution in [3.05, 3.63) is 23.8 Å². The molecule has 0 unspecified atom stereocenters. The Balaban J connectivity index is 2.08. The maximum absolute atomic E-state index is 11.4. The topological polar surface area (TPSA) is 53.0 Å². The number of anilines is 1. The fourth-order valence-corrected chi connectivity index (χ4v) is 2.50. The number of hydrogen-bond donors (Lipinski definition) is 1. The van der Waals surface area contributed by atoms with Crippen LogP contribution in [-0.2, 0) is 11.2 Å². The Labute approximate surface area is 119 Å². The molecule has 0 bridgehead atoms. The summed E-state index contributed by atoms with van der Waals surface area (Å²) in [5.41, 5.74) is 2.32. The third-order valence-corrected chi connectivity index (χ3v) is 3.76. The average molecular weight is 278 g/mol. The van der Waals surface area contributed by atoms with Crippen LogP contribution in [-0.4, -0.2) is 55.8 Å². The molecule has 20 heavy (non-hydrogen) atoms. The van der Waals surface area contributed by atoms with E-state index in [1.54, 1.807) is 12.0 Å². The average Bonchev–Trinajstić information content (AvgIpc) is 2.53. The molecule has 0 saturated carbocycles. The predicted molar refractivity (Wildman–Crippen MR) is 78.3 cm³/mol. The van der Waals surface area contributed by atoms with E-state index in [0.29, 0.717) is 13.1 Å². The number of benzene rings is 1. The zero-order valence-electron chi connectivity index (χ0n) is 12.1. The van der Waals surface area contributed by atoms with E-state index in [9.17, 15) is 4.79 Å². The number of piperazine rings is 1. The summed E-state index contributed by atoms with van der Waals surface area (Å²) in [5.74, 6) is 0.684. The number of methoxy groups -OCH3 is 1. The first-order chi connectivity index (χ1) is 9.69. The van der Waals surface area contributed by atoms with Gasteiger partial charge in [0.2, 0.25) is 5.91 Å². The number of carbonyl (C=O) groups excluding carboxylic acids is 1. The van der Waals surface area contributed by atoms with Crippen molar-refractivity contribution < 1.29 is 14.6 Å². The smallest absolute Gasteiger partial charge is 0.248 e. The zero-order valence-corrected chi connectivity index (χ0v) is 12.1. The van der Waals surface area contributed by atoms with Crippen molar-refractivity contribution in [2.45, 2.75) is 13.3 Å². The summed E-state index contributed by atoms with van der Waals surface area (Å²) >= 11 is 0. The van der Waals surface area contributed by atoms with Gasteiger partial charge in [-0.15, -0.1) is 0 Å². The van der Waals surface area contributed by atoms with Crippen molar-refractivity contribution in [3.8, 4) is 5.75 Å². The molecule has 0 aromatic heterocycles. The number of ether oxygens (including phenoxy) is 1. The molecule has 1 aliphatic heterocycles. The summed E-state index contributed by atoms with van der Waals surface area (Å²) < 4.78 is 5.47. The first-order valence-corrected chi connectivity index (χ1v) is 7.00. The van der Waals surface area contributed by atoms with Crippen LogP contribution in [0.5, 0.6) is 5.75 Å². The molecule has 1 aromatic carbocycles. The van der Waals surface area contributed by atoms with Gasteiger partial charge in [-0.05, 0) is 24.1 Å². The lowest BCUT2D eigenvalue weighted by Gasteiger charge is -2.36. The van der Waals surface area contributed by atoms with E-state index in [1.165, 1.54) is 5.56 Å². The highest BCUT2D eigenvalue weighted by Crippen LogP contribution is 2.30. The molecule has 5 nitrogen and oxygen atoms in total. The van der Waals surface area contributed by atoms with E-state index in [1.807, 2.05) is 0 Å². The number of aliphatic hydroxyl groups is 1. The van der Waals surface area contributed by atoms with Crippen molar-refractivity contribution in [1.82, 2.24) is 4.90 Å². The number of amides is 1. The number of hydrogen-bond acceptors (Lipinski definition) is 4. The van der Waals surface area contributed by atoms with Crippen LogP contribution in [0.4, 0.5) is 5.69 Å². The Morgan fingerprint density at radius 3 is 2.55 bits per heavy atom. The maximum atomic E-state index is 11.4. The fraction of sp³-hybridized carbons (Fsp3) is 0.533. The highest BCUT2D eigenvalue weighted by molar-refractivity contribution is 5.77. The summed E-state index contributed by atoms with van der Waals surface area (Å²) in [6.07, 6.45) is 0.982. The molecule has 1 aromatic rings. The molecular weight excluding hydrogens is 256 g/mol. The van der Waals surface area contributed by atoms with Crippen LogP contribution in [0.15, 0.2) is 18.2 Å². The van der Waals surface area contributed by atoms with Gasteiger partial charge in [-0.3, -0.25) is 4.79 Å². The van der Waals surface area contributed by atoms with Crippen LogP contribution in [0.1, 0.15) is 12.5 Å². The van der Waals surface area contributed by atoms with Crippen LogP contribution < -0.4 is 9.64 Å². The van der Waals surface area contributed by atoms with Gasteiger partial charge in [-0.1, -0.05) is 13.0 Å². The minimum atomic E-state index is -0.408. The Morgan fingerprint density at radius 2 is 2.00 bits per heavy atom. The van der Waals surface area contributed by atoms with Gasteiger partial charge in [0, 0.05) is 26.2 Å². The summed E-state index contributed by atoms with van der Waals surface area (Å²) in [6, 6.07) is 6.27. The lowest BCUT2D eigenvalue weighted by atomic mass is 10.1. The molecular formula is C15H22N2O3. The lowest BCUT2D eigenvalue weighted by molar-refractivity contribution is -0.134. The third-order valence-electron chi connectivity index (χ3n) is 3.76. The van der Waals surface area contributed by atoms with Crippen LogP contribution in [0.2, 0.25) is 0 Å². The van der Waals surface area contributed by atoms with E-state index in [4.69, 9.17) is 9.84 Å². The quantitative estimate of drug-likeness (QED) is 0.889. The Kier molecular flexibility index (Phi) is 4.84. The van der Waals surface area contributed by atoms with E-state index >= 15 is 0 Å². The van der Waals surface area contributed by atoms with Gasteiger partial charge in [0.05, 0.1) is 12.8 Å². The predicted octanol–water partition coefficient (Wildman–Crippen LogP) is 0.898. The maximum Gasteiger partial charge on any atom is 0.248 e. The molecule has 1 saturated heterocycles. The largest absolute Gasteiger partial charge is 0.495 e. The summed E-state index contributed by atoms with van der Waals surface area (Å²) in [5, 5.41) is 8.88. The van der Waals surface area contributed by atoms with Gasteiger partial charge in [0.25, 0.3) is 0 Å². The van der Waals surface area contributed by atoms with E-state index in [2.05, 4.69) is 30.0 Å². The van der Waals surface area contributed by atoms with Crippen LogP contribution >= 0.6 is 0 Å². The Bertz CT molecular complexity index is 468. The molecule has 2 rings (SSSR count). The van der Waals surface area contributed by atoms with Crippen LogP contribution in [0, 0.1) is 0 Å². The highest BCUT2D eigenvalue weighted by Gasteiger charge is 2.22. The summed E-state index contributed by atoms with van der Waals surface area (Å²) in [7, 11) is 1.68.